The number of nitrogens with zero attached hydrogens (tertiary/aromatic N) is 1. The van der Waals surface area contributed by atoms with Crippen LogP contribution in [0.25, 0.3) is 0 Å². The maximum Gasteiger partial charge on any atom is 0.234 e. The molecule has 9 heteroatoms. The first-order valence-electron chi connectivity index (χ1n) is 8.87. The second-order valence-electron chi connectivity index (χ2n) is 6.37. The molecule has 0 aromatic heterocycles. The summed E-state index contributed by atoms with van der Waals surface area (Å²) in [6.07, 6.45) is -0.0373. The fourth-order valence-corrected chi connectivity index (χ4v) is 4.17. The van der Waals surface area contributed by atoms with Gasteiger partial charge in [-0.05, 0) is 29.8 Å². The van der Waals surface area contributed by atoms with Gasteiger partial charge in [-0.1, -0.05) is 41.6 Å². The summed E-state index contributed by atoms with van der Waals surface area (Å²) in [6.45, 7) is 0. The van der Waals surface area contributed by atoms with Crippen molar-refractivity contribution in [2.45, 2.75) is 12.3 Å². The van der Waals surface area contributed by atoms with Crippen LogP contribution in [0.1, 0.15) is 17.9 Å². The molecule has 3 rings (SSSR count). The van der Waals surface area contributed by atoms with E-state index in [9.17, 15) is 19.2 Å². The molecule has 0 fully saturated rings. The van der Waals surface area contributed by atoms with E-state index in [4.69, 9.17) is 16.3 Å². The fraction of sp³-hybridized carbons (Fsp3) is 0.190. The van der Waals surface area contributed by atoms with Gasteiger partial charge in [-0.25, -0.2) is 4.39 Å². The lowest BCUT2D eigenvalue weighted by atomic mass is 9.87. The lowest BCUT2D eigenvalue weighted by molar-refractivity contribution is -0.121. The summed E-state index contributed by atoms with van der Waals surface area (Å²) in [5.41, 5.74) is 0.988. The minimum Gasteiger partial charge on any atom is -0.495 e. The average Bonchev–Trinajstić information content (AvgIpc) is 2.72. The highest BCUT2D eigenvalue weighted by Crippen LogP contribution is 2.37. The highest BCUT2D eigenvalue weighted by Gasteiger charge is 2.31. The van der Waals surface area contributed by atoms with E-state index >= 15 is 0 Å². The molecule has 2 aromatic rings. The number of ether oxygens (including phenoxy) is 1. The highest BCUT2D eigenvalue weighted by atomic mass is 35.5. The third kappa shape index (κ3) is 4.93. The van der Waals surface area contributed by atoms with Crippen LogP contribution in [0.5, 0.6) is 5.75 Å². The highest BCUT2D eigenvalue weighted by molar-refractivity contribution is 8.03. The van der Waals surface area contributed by atoms with Gasteiger partial charge in [-0.3, -0.25) is 9.59 Å². The number of methoxy groups -OCH3 is 1. The van der Waals surface area contributed by atoms with Gasteiger partial charge in [0.25, 0.3) is 0 Å². The Labute approximate surface area is 182 Å². The Morgan fingerprint density at radius 2 is 2.17 bits per heavy atom. The van der Waals surface area contributed by atoms with Crippen LogP contribution < -0.4 is 15.4 Å². The van der Waals surface area contributed by atoms with E-state index in [1.54, 1.807) is 36.4 Å². The van der Waals surface area contributed by atoms with E-state index in [1.165, 1.54) is 13.2 Å². The summed E-state index contributed by atoms with van der Waals surface area (Å²) in [7, 11) is 1.49. The maximum absolute atomic E-state index is 14.2. The number of halogens is 2. The summed E-state index contributed by atoms with van der Waals surface area (Å²) in [5.74, 6) is -1.45. The van der Waals surface area contributed by atoms with Gasteiger partial charge >= 0.3 is 0 Å². The molecule has 0 saturated heterocycles. The first kappa shape index (κ1) is 21.7. The molecule has 1 atom stereocenters. The largest absolute Gasteiger partial charge is 0.495 e. The lowest BCUT2D eigenvalue weighted by Crippen LogP contribution is -2.31. The lowest BCUT2D eigenvalue weighted by Gasteiger charge is -2.25. The predicted molar refractivity (Wildman–Crippen MR) is 114 cm³/mol. The van der Waals surface area contributed by atoms with Gasteiger partial charge in [0.15, 0.2) is 0 Å². The van der Waals surface area contributed by atoms with Crippen LogP contribution in [0, 0.1) is 17.1 Å². The molecule has 30 heavy (non-hydrogen) atoms. The molecule has 2 amide bonds. The van der Waals surface area contributed by atoms with Crippen LogP contribution in [0.4, 0.5) is 10.1 Å². The Morgan fingerprint density at radius 1 is 1.40 bits per heavy atom. The van der Waals surface area contributed by atoms with Crippen molar-refractivity contribution in [1.82, 2.24) is 5.32 Å². The molecule has 0 aliphatic carbocycles. The molecule has 0 bridgehead atoms. The minimum atomic E-state index is -0.698. The van der Waals surface area contributed by atoms with Gasteiger partial charge in [0.05, 0.1) is 34.6 Å². The number of thioether (sulfide) groups is 1. The van der Waals surface area contributed by atoms with Crippen LogP contribution in [0.15, 0.2) is 53.1 Å². The molecule has 1 aliphatic heterocycles. The van der Waals surface area contributed by atoms with Gasteiger partial charge in [0.1, 0.15) is 11.6 Å². The van der Waals surface area contributed by atoms with Crippen LogP contribution in [0.3, 0.4) is 0 Å². The average molecular weight is 446 g/mol. The van der Waals surface area contributed by atoms with Crippen molar-refractivity contribution in [3.63, 3.8) is 0 Å². The van der Waals surface area contributed by atoms with Gasteiger partial charge in [-0.15, -0.1) is 0 Å². The van der Waals surface area contributed by atoms with Gasteiger partial charge < -0.3 is 15.4 Å². The molecule has 2 aromatic carbocycles. The summed E-state index contributed by atoms with van der Waals surface area (Å²) < 4.78 is 19.3. The zero-order chi connectivity index (χ0) is 21.7. The molecule has 2 N–H and O–H groups in total. The van der Waals surface area contributed by atoms with Crippen molar-refractivity contribution in [2.75, 3.05) is 18.2 Å². The van der Waals surface area contributed by atoms with Gasteiger partial charge in [-0.2, -0.15) is 5.26 Å². The van der Waals surface area contributed by atoms with Crippen molar-refractivity contribution < 1.29 is 18.7 Å². The fourth-order valence-electron chi connectivity index (χ4n) is 3.04. The maximum atomic E-state index is 14.2. The SMILES string of the molecule is COc1ccc(NC(=O)CSC2=C(C#N)C(c3ccccc3F)CC(=O)N2)cc1Cl. The molecule has 6 nitrogen and oxygen atoms in total. The van der Waals surface area contributed by atoms with Gasteiger partial charge in [0, 0.05) is 18.0 Å². The monoisotopic (exact) mass is 445 g/mol. The quantitative estimate of drug-likeness (QED) is 0.695. The molecule has 154 valence electrons. The number of allylic oxidation sites excluding steroid dienone is 1. The third-order valence-corrected chi connectivity index (χ3v) is 5.73. The Hall–Kier alpha value is -3.02. The van der Waals surface area contributed by atoms with Crippen LogP contribution >= 0.6 is 23.4 Å². The molecule has 0 spiro atoms. The van der Waals surface area contributed by atoms with Gasteiger partial charge in [0.2, 0.25) is 11.8 Å². The second kappa shape index (κ2) is 9.65. The van der Waals surface area contributed by atoms with Crippen LogP contribution in [-0.2, 0) is 9.59 Å². The zero-order valence-electron chi connectivity index (χ0n) is 15.9. The number of hydrogen-bond donors (Lipinski definition) is 2. The molecule has 1 aliphatic rings. The van der Waals surface area contributed by atoms with E-state index in [1.807, 2.05) is 0 Å². The number of amides is 2. The number of nitriles is 1. The number of anilines is 1. The molecule has 0 saturated carbocycles. The number of benzene rings is 2. The summed E-state index contributed by atoms with van der Waals surface area (Å²) >= 11 is 7.06. The standard InChI is InChI=1S/C21H17ClFN3O3S/c1-29-18-7-6-12(8-16(18)22)25-20(28)11-30-21-15(10-24)14(9-19(27)26-21)13-4-2-3-5-17(13)23/h2-8,14H,9,11H2,1H3,(H,25,28)(H,26,27). The number of hydrogen-bond acceptors (Lipinski definition) is 5. The Balaban J connectivity index is 1.74. The Bertz CT molecular complexity index is 1070. The first-order valence-corrected chi connectivity index (χ1v) is 10.2. The molecule has 1 unspecified atom stereocenters. The smallest absolute Gasteiger partial charge is 0.234 e. The van der Waals surface area contributed by atoms with Crippen molar-refractivity contribution in [2.24, 2.45) is 0 Å². The van der Waals surface area contributed by atoms with Crippen molar-refractivity contribution in [1.29, 1.82) is 5.26 Å². The van der Waals surface area contributed by atoms with E-state index in [0.29, 0.717) is 16.5 Å². The number of rotatable bonds is 6. The minimum absolute atomic E-state index is 0.0373. The number of carbonyl (C=O) groups excluding carboxylic acids is 2. The zero-order valence-corrected chi connectivity index (χ0v) is 17.4. The summed E-state index contributed by atoms with van der Waals surface area (Å²) in [5, 5.41) is 15.5. The molecular formula is C21H17ClFN3O3S. The first-order chi connectivity index (χ1) is 14.4. The third-order valence-electron chi connectivity index (χ3n) is 4.42. The predicted octanol–water partition coefficient (Wildman–Crippen LogP) is 4.20. The van der Waals surface area contributed by atoms with E-state index in [2.05, 4.69) is 16.7 Å². The second-order valence-corrected chi connectivity index (χ2v) is 7.76. The molecular weight excluding hydrogens is 429 g/mol. The van der Waals surface area contributed by atoms with E-state index < -0.39 is 11.7 Å². The van der Waals surface area contributed by atoms with Crippen molar-refractivity contribution in [3.8, 4) is 11.8 Å². The summed E-state index contributed by atoms with van der Waals surface area (Å²) in [6, 6.07) is 12.9. The Kier molecular flexibility index (Phi) is 6.98. The number of carbonyl (C=O) groups is 2. The molecule has 0 radical (unpaired) electrons. The van der Waals surface area contributed by atoms with Crippen LogP contribution in [-0.4, -0.2) is 24.7 Å². The van der Waals surface area contributed by atoms with Crippen LogP contribution in [0.2, 0.25) is 5.02 Å². The molecule has 1 heterocycles. The summed E-state index contributed by atoms with van der Waals surface area (Å²) in [4.78, 5) is 24.5. The van der Waals surface area contributed by atoms with E-state index in [0.717, 1.165) is 11.8 Å². The Morgan fingerprint density at radius 3 is 2.83 bits per heavy atom. The number of nitrogens with one attached hydrogen (secondary N) is 2. The van der Waals surface area contributed by atoms with Crippen molar-refractivity contribution >= 4 is 40.9 Å². The van der Waals surface area contributed by atoms with E-state index in [-0.39, 0.29) is 40.2 Å². The van der Waals surface area contributed by atoms with Crippen molar-refractivity contribution in [3.05, 3.63) is 69.5 Å². The topological polar surface area (TPSA) is 91.2 Å². The normalized spacial score (nSPS) is 15.9.